The summed E-state index contributed by atoms with van der Waals surface area (Å²) in [4.78, 5) is 27.2. The van der Waals surface area contributed by atoms with Gasteiger partial charge in [0.25, 0.3) is 0 Å². The molecule has 2 aromatic rings. The number of amides is 1. The number of hydrogen-bond acceptors (Lipinski definition) is 3. The second kappa shape index (κ2) is 6.65. The van der Waals surface area contributed by atoms with Gasteiger partial charge in [-0.3, -0.25) is 9.78 Å². The number of nitrogens with one attached hydrogen (secondary N) is 1. The molecule has 2 N–H and O–H groups in total. The molecular weight excluding hydrogens is 268 g/mol. The van der Waals surface area contributed by atoms with Crippen LogP contribution in [0.15, 0.2) is 42.6 Å². The number of aryl methyl sites for hydroxylation is 1. The molecule has 0 radical (unpaired) electrons. The Balaban J connectivity index is 2.00. The Morgan fingerprint density at radius 1 is 1.19 bits per heavy atom. The second-order valence-corrected chi connectivity index (χ2v) is 4.68. The maximum Gasteiger partial charge on any atom is 0.335 e. The predicted octanol–water partition coefficient (Wildman–Crippen LogP) is 1.95. The number of carbonyl (C=O) groups is 2. The summed E-state index contributed by atoms with van der Waals surface area (Å²) in [5.74, 6) is -1.26. The highest BCUT2D eigenvalue weighted by Gasteiger charge is 2.12. The van der Waals surface area contributed by atoms with E-state index in [4.69, 9.17) is 5.11 Å². The van der Waals surface area contributed by atoms with Gasteiger partial charge in [0, 0.05) is 6.20 Å². The molecule has 0 saturated carbocycles. The van der Waals surface area contributed by atoms with Crippen molar-refractivity contribution < 1.29 is 14.7 Å². The number of hydrogen-bond donors (Lipinski definition) is 2. The van der Waals surface area contributed by atoms with E-state index in [1.807, 2.05) is 19.1 Å². The first-order valence-electron chi connectivity index (χ1n) is 6.56. The lowest BCUT2D eigenvalue weighted by Gasteiger charge is -2.08. The van der Waals surface area contributed by atoms with E-state index in [0.717, 1.165) is 11.3 Å². The number of aromatic nitrogens is 1. The maximum atomic E-state index is 11.9. The lowest BCUT2D eigenvalue weighted by molar-refractivity contribution is -0.120. The molecule has 0 aliphatic heterocycles. The fourth-order valence-electron chi connectivity index (χ4n) is 2.00. The van der Waals surface area contributed by atoms with Crippen molar-refractivity contribution in [2.24, 2.45) is 0 Å². The third-order valence-corrected chi connectivity index (χ3v) is 3.17. The first-order chi connectivity index (χ1) is 10.1. The first kappa shape index (κ1) is 14.7. The SMILES string of the molecule is Cc1cccnc1CNC(=O)Cc1ccccc1C(=O)O. The van der Waals surface area contributed by atoms with Crippen molar-refractivity contribution in [2.75, 3.05) is 0 Å². The number of carbonyl (C=O) groups excluding carboxylic acids is 1. The van der Waals surface area contributed by atoms with Crippen LogP contribution in [-0.4, -0.2) is 22.0 Å². The Morgan fingerprint density at radius 2 is 1.95 bits per heavy atom. The quantitative estimate of drug-likeness (QED) is 0.879. The highest BCUT2D eigenvalue weighted by atomic mass is 16.4. The monoisotopic (exact) mass is 284 g/mol. The van der Waals surface area contributed by atoms with E-state index >= 15 is 0 Å². The van der Waals surface area contributed by atoms with Crippen LogP contribution in [0.25, 0.3) is 0 Å². The summed E-state index contributed by atoms with van der Waals surface area (Å²) >= 11 is 0. The molecule has 1 aromatic carbocycles. The third kappa shape index (κ3) is 3.89. The van der Waals surface area contributed by atoms with Gasteiger partial charge in [-0.25, -0.2) is 4.79 Å². The van der Waals surface area contributed by atoms with Crippen molar-refractivity contribution in [1.29, 1.82) is 0 Å². The molecule has 0 aliphatic rings. The van der Waals surface area contributed by atoms with Gasteiger partial charge in [0.1, 0.15) is 0 Å². The van der Waals surface area contributed by atoms with E-state index in [0.29, 0.717) is 12.1 Å². The zero-order valence-electron chi connectivity index (χ0n) is 11.7. The van der Waals surface area contributed by atoms with Crippen molar-refractivity contribution in [3.05, 3.63) is 65.0 Å². The molecule has 0 fully saturated rings. The smallest absolute Gasteiger partial charge is 0.335 e. The lowest BCUT2D eigenvalue weighted by Crippen LogP contribution is -2.26. The Kier molecular flexibility index (Phi) is 4.66. The van der Waals surface area contributed by atoms with E-state index in [2.05, 4.69) is 10.3 Å². The van der Waals surface area contributed by atoms with Gasteiger partial charge in [-0.05, 0) is 30.2 Å². The van der Waals surface area contributed by atoms with Crippen LogP contribution in [0, 0.1) is 6.92 Å². The Labute approximate surface area is 122 Å². The number of pyridine rings is 1. The molecule has 0 bridgehead atoms. The highest BCUT2D eigenvalue weighted by molar-refractivity contribution is 5.91. The number of nitrogens with zero attached hydrogens (tertiary/aromatic N) is 1. The predicted molar refractivity (Wildman–Crippen MR) is 77.9 cm³/mol. The van der Waals surface area contributed by atoms with Gasteiger partial charge in [-0.2, -0.15) is 0 Å². The molecule has 2 rings (SSSR count). The Bertz CT molecular complexity index is 668. The van der Waals surface area contributed by atoms with Crippen LogP contribution in [0.2, 0.25) is 0 Å². The van der Waals surface area contributed by atoms with Crippen LogP contribution in [0.4, 0.5) is 0 Å². The van der Waals surface area contributed by atoms with E-state index in [-0.39, 0.29) is 17.9 Å². The van der Waals surface area contributed by atoms with Crippen LogP contribution in [-0.2, 0) is 17.8 Å². The van der Waals surface area contributed by atoms with Crippen LogP contribution in [0.3, 0.4) is 0 Å². The summed E-state index contributed by atoms with van der Waals surface area (Å²) in [7, 11) is 0. The normalized spacial score (nSPS) is 10.1. The van der Waals surface area contributed by atoms with Gasteiger partial charge >= 0.3 is 5.97 Å². The molecule has 0 unspecified atom stereocenters. The topological polar surface area (TPSA) is 79.3 Å². The number of benzene rings is 1. The molecule has 21 heavy (non-hydrogen) atoms. The number of rotatable bonds is 5. The van der Waals surface area contributed by atoms with Crippen LogP contribution in [0.5, 0.6) is 0 Å². The second-order valence-electron chi connectivity index (χ2n) is 4.68. The minimum absolute atomic E-state index is 0.0361. The molecule has 0 saturated heterocycles. The largest absolute Gasteiger partial charge is 0.478 e. The van der Waals surface area contributed by atoms with Crippen LogP contribution in [0.1, 0.15) is 27.2 Å². The average Bonchev–Trinajstić information content (AvgIpc) is 2.47. The van der Waals surface area contributed by atoms with Gasteiger partial charge in [-0.1, -0.05) is 24.3 Å². The summed E-state index contributed by atoms with van der Waals surface area (Å²) in [5, 5.41) is 11.8. The van der Waals surface area contributed by atoms with E-state index in [1.54, 1.807) is 24.4 Å². The fraction of sp³-hybridized carbons (Fsp3) is 0.188. The molecule has 1 heterocycles. The fourth-order valence-corrected chi connectivity index (χ4v) is 2.00. The van der Waals surface area contributed by atoms with E-state index < -0.39 is 5.97 Å². The van der Waals surface area contributed by atoms with Gasteiger partial charge in [-0.15, -0.1) is 0 Å². The average molecular weight is 284 g/mol. The molecule has 1 amide bonds. The highest BCUT2D eigenvalue weighted by Crippen LogP contribution is 2.10. The molecule has 0 spiro atoms. The molecule has 5 heteroatoms. The Morgan fingerprint density at radius 3 is 2.67 bits per heavy atom. The van der Waals surface area contributed by atoms with Crippen LogP contribution >= 0.6 is 0 Å². The summed E-state index contributed by atoms with van der Waals surface area (Å²) in [5.41, 5.74) is 2.46. The molecule has 108 valence electrons. The van der Waals surface area contributed by atoms with Gasteiger partial charge in [0.2, 0.25) is 5.91 Å². The minimum atomic E-state index is -1.03. The standard InChI is InChI=1S/C16H16N2O3/c1-11-5-4-8-17-14(11)10-18-15(19)9-12-6-2-3-7-13(12)16(20)21/h2-8H,9-10H2,1H3,(H,18,19)(H,20,21). The third-order valence-electron chi connectivity index (χ3n) is 3.17. The van der Waals surface area contributed by atoms with E-state index in [1.165, 1.54) is 6.07 Å². The van der Waals surface area contributed by atoms with Crippen molar-refractivity contribution in [3.63, 3.8) is 0 Å². The number of carboxylic acid groups (broad SMARTS) is 1. The minimum Gasteiger partial charge on any atom is -0.478 e. The molecule has 0 atom stereocenters. The van der Waals surface area contributed by atoms with Crippen molar-refractivity contribution in [2.45, 2.75) is 19.9 Å². The van der Waals surface area contributed by atoms with Gasteiger partial charge in [0.05, 0.1) is 24.2 Å². The van der Waals surface area contributed by atoms with Gasteiger partial charge < -0.3 is 10.4 Å². The van der Waals surface area contributed by atoms with E-state index in [9.17, 15) is 9.59 Å². The zero-order valence-corrected chi connectivity index (χ0v) is 11.7. The number of aromatic carboxylic acids is 1. The van der Waals surface area contributed by atoms with Crippen molar-refractivity contribution in [3.8, 4) is 0 Å². The number of carboxylic acids is 1. The molecule has 5 nitrogen and oxygen atoms in total. The lowest BCUT2D eigenvalue weighted by atomic mass is 10.0. The molecule has 0 aliphatic carbocycles. The van der Waals surface area contributed by atoms with Gasteiger partial charge in [0.15, 0.2) is 0 Å². The zero-order chi connectivity index (χ0) is 15.2. The van der Waals surface area contributed by atoms with Crippen molar-refractivity contribution >= 4 is 11.9 Å². The Hall–Kier alpha value is -2.69. The summed E-state index contributed by atoms with van der Waals surface area (Å²) in [6.07, 6.45) is 1.71. The molecular formula is C16H16N2O3. The summed E-state index contributed by atoms with van der Waals surface area (Å²) in [6, 6.07) is 10.3. The van der Waals surface area contributed by atoms with Crippen LogP contribution < -0.4 is 5.32 Å². The first-order valence-corrected chi connectivity index (χ1v) is 6.56. The maximum absolute atomic E-state index is 11.9. The summed E-state index contributed by atoms with van der Waals surface area (Å²) < 4.78 is 0. The van der Waals surface area contributed by atoms with Crippen molar-refractivity contribution in [1.82, 2.24) is 10.3 Å². The summed E-state index contributed by atoms with van der Waals surface area (Å²) in [6.45, 7) is 2.26. The molecule has 1 aromatic heterocycles.